The topological polar surface area (TPSA) is 84.9 Å². The maximum Gasteiger partial charge on any atom is 0.422 e. The van der Waals surface area contributed by atoms with Crippen LogP contribution in [0.4, 0.5) is 23.7 Å². The fourth-order valence-corrected chi connectivity index (χ4v) is 4.04. The van der Waals surface area contributed by atoms with Gasteiger partial charge in [-0.15, -0.1) is 0 Å². The van der Waals surface area contributed by atoms with Crippen LogP contribution in [-0.4, -0.2) is 45.9 Å². The van der Waals surface area contributed by atoms with Gasteiger partial charge in [-0.1, -0.05) is 5.57 Å². The fourth-order valence-electron chi connectivity index (χ4n) is 3.21. The van der Waals surface area contributed by atoms with E-state index in [9.17, 15) is 27.0 Å². The van der Waals surface area contributed by atoms with Gasteiger partial charge in [0, 0.05) is 11.1 Å². The number of benzene rings is 1. The molecule has 190 valence electrons. The van der Waals surface area contributed by atoms with Crippen LogP contribution in [0.15, 0.2) is 23.8 Å². The number of fused-ring (bicyclic) bond motifs is 1. The van der Waals surface area contributed by atoms with Crippen LogP contribution in [0.5, 0.6) is 5.75 Å². The predicted octanol–water partition coefficient (Wildman–Crippen LogP) is 5.12. The van der Waals surface area contributed by atoms with Gasteiger partial charge in [0.15, 0.2) is 0 Å². The second kappa shape index (κ2) is 9.69. The van der Waals surface area contributed by atoms with Gasteiger partial charge in [0.25, 0.3) is 5.91 Å². The van der Waals surface area contributed by atoms with E-state index in [4.69, 9.17) is 9.47 Å². The van der Waals surface area contributed by atoms with Crippen molar-refractivity contribution in [2.24, 2.45) is 0 Å². The number of alkyl halides is 3. The average Bonchev–Trinajstić information content (AvgIpc) is 2.95. The highest BCUT2D eigenvalue weighted by Crippen LogP contribution is 2.42. The van der Waals surface area contributed by atoms with Gasteiger partial charge in [0.2, 0.25) is 0 Å². The molecular weight excluding hydrogens is 473 g/mol. The van der Waals surface area contributed by atoms with E-state index in [-0.39, 0.29) is 22.4 Å². The van der Waals surface area contributed by atoms with Gasteiger partial charge in [-0.3, -0.25) is 4.79 Å². The van der Waals surface area contributed by atoms with E-state index in [1.807, 2.05) is 0 Å². The number of nitrogens with zero attached hydrogens (tertiary/aromatic N) is 1. The predicted molar refractivity (Wildman–Crippen MR) is 125 cm³/mol. The Morgan fingerprint density at radius 1 is 1.15 bits per heavy atom. The van der Waals surface area contributed by atoms with Crippen LogP contribution in [-0.2, 0) is 20.5 Å². The normalized spacial score (nSPS) is 17.9. The molecule has 11 heteroatoms. The van der Waals surface area contributed by atoms with Crippen LogP contribution in [0.25, 0.3) is 5.57 Å². The zero-order chi connectivity index (χ0) is 26.2. The minimum atomic E-state index is -4.73. The molecule has 1 unspecified atom stereocenters. The number of hydrogen-bond donors (Lipinski definition) is 1. The number of anilines is 1. The monoisotopic (exact) mass is 504 g/mol. The summed E-state index contributed by atoms with van der Waals surface area (Å²) in [6.45, 7) is 10.9. The first-order valence-electron chi connectivity index (χ1n) is 10.6. The van der Waals surface area contributed by atoms with Gasteiger partial charge < -0.3 is 9.47 Å². The number of carbonyl (C=O) groups is 2. The first-order chi connectivity index (χ1) is 15.4. The summed E-state index contributed by atoms with van der Waals surface area (Å²) < 4.78 is 65.6. The number of halogens is 3. The third-order valence-corrected chi connectivity index (χ3v) is 6.46. The number of carbonyl (C=O) groups excluding carboxylic acids is 2. The molecule has 1 aliphatic rings. The Morgan fingerprint density at radius 3 is 2.21 bits per heavy atom. The third kappa shape index (κ3) is 6.38. The molecule has 2 rings (SSSR count). The lowest BCUT2D eigenvalue weighted by atomic mass is 9.97. The molecule has 1 heterocycles. The molecule has 0 spiro atoms. The zero-order valence-corrected chi connectivity index (χ0v) is 21.4. The minimum absolute atomic E-state index is 0.0580. The summed E-state index contributed by atoms with van der Waals surface area (Å²) in [5, 5.41) is 0. The van der Waals surface area contributed by atoms with Crippen LogP contribution in [0, 0.1) is 0 Å². The van der Waals surface area contributed by atoms with E-state index in [0.717, 1.165) is 4.90 Å². The Morgan fingerprint density at radius 2 is 1.74 bits per heavy atom. The summed E-state index contributed by atoms with van der Waals surface area (Å²) in [6.07, 6.45) is -6.32. The number of methoxy groups -OCH3 is 1. The maximum atomic E-state index is 13.8. The van der Waals surface area contributed by atoms with Crippen molar-refractivity contribution in [1.29, 1.82) is 0 Å². The Hall–Kier alpha value is -2.40. The number of hydrogen-bond acceptors (Lipinski definition) is 5. The maximum absolute atomic E-state index is 13.8. The third-order valence-electron chi connectivity index (χ3n) is 4.84. The zero-order valence-electron chi connectivity index (χ0n) is 20.5. The molecule has 1 aromatic rings. The Balaban J connectivity index is 2.56. The number of ether oxygens (including phenoxy) is 2. The molecule has 0 bridgehead atoms. The standard InChI is InChI=1S/C23H31F3N2O5S/c1-13(11-17(23(24,25)26)27-34(31)22(5,6)7)18-15-12-14(32-8)9-10-16(15)28(19(18)29)20(30)33-21(2,3)4/h9-10,12,17,27H,11H2,1-8H3/b18-13-/t17-,34?/m0/s1. The Kier molecular flexibility index (Phi) is 7.94. The molecule has 0 aliphatic carbocycles. The van der Waals surface area contributed by atoms with Crippen LogP contribution >= 0.6 is 0 Å². The molecule has 7 nitrogen and oxygen atoms in total. The van der Waals surface area contributed by atoms with Gasteiger partial charge in [-0.25, -0.2) is 18.6 Å². The van der Waals surface area contributed by atoms with Crippen LogP contribution in [0.1, 0.15) is 60.5 Å². The molecule has 0 saturated carbocycles. The quantitative estimate of drug-likeness (QED) is 0.563. The van der Waals surface area contributed by atoms with Crippen molar-refractivity contribution in [1.82, 2.24) is 4.72 Å². The average molecular weight is 505 g/mol. The van der Waals surface area contributed by atoms with Crippen molar-refractivity contribution in [3.8, 4) is 5.75 Å². The van der Waals surface area contributed by atoms with Crippen molar-refractivity contribution in [3.05, 3.63) is 29.3 Å². The van der Waals surface area contributed by atoms with Gasteiger partial charge >= 0.3 is 12.3 Å². The summed E-state index contributed by atoms with van der Waals surface area (Å²) in [6, 6.07) is 2.33. The van der Waals surface area contributed by atoms with Crippen molar-refractivity contribution < 1.29 is 36.4 Å². The summed E-state index contributed by atoms with van der Waals surface area (Å²) in [4.78, 5) is 26.9. The highest BCUT2D eigenvalue weighted by molar-refractivity contribution is 7.84. The van der Waals surface area contributed by atoms with Gasteiger partial charge in [-0.05, 0) is 73.1 Å². The van der Waals surface area contributed by atoms with Crippen molar-refractivity contribution in [2.45, 2.75) is 77.5 Å². The number of imide groups is 1. The van der Waals surface area contributed by atoms with E-state index in [1.54, 1.807) is 41.5 Å². The van der Waals surface area contributed by atoms with E-state index in [0.29, 0.717) is 5.75 Å². The second-order valence-corrected chi connectivity index (χ2v) is 12.0. The van der Waals surface area contributed by atoms with Crippen molar-refractivity contribution >= 4 is 34.2 Å². The van der Waals surface area contributed by atoms with Gasteiger partial charge in [0.1, 0.15) is 17.4 Å². The molecule has 2 atom stereocenters. The van der Waals surface area contributed by atoms with E-state index in [1.165, 1.54) is 32.2 Å². The number of amides is 2. The minimum Gasteiger partial charge on any atom is -0.497 e. The molecule has 0 saturated heterocycles. The van der Waals surface area contributed by atoms with E-state index in [2.05, 4.69) is 4.72 Å². The molecule has 1 aliphatic heterocycles. The Bertz CT molecular complexity index is 1020. The number of rotatable bonds is 5. The van der Waals surface area contributed by atoms with Gasteiger partial charge in [0.05, 0.1) is 28.5 Å². The SMILES string of the molecule is COc1ccc2c(c1)/C(=C(\C)C[C@H](NS(=O)C(C)(C)C)C(F)(F)F)C(=O)N2C(=O)OC(C)(C)C. The van der Waals surface area contributed by atoms with E-state index >= 15 is 0 Å². The second-order valence-electron chi connectivity index (χ2n) is 9.96. The molecule has 1 aromatic carbocycles. The molecular formula is C23H31F3N2O5S. The molecule has 34 heavy (non-hydrogen) atoms. The summed E-state index contributed by atoms with van der Waals surface area (Å²) in [5.41, 5.74) is -0.438. The molecule has 0 fully saturated rings. The highest BCUT2D eigenvalue weighted by Gasteiger charge is 2.44. The smallest absolute Gasteiger partial charge is 0.422 e. The van der Waals surface area contributed by atoms with Crippen LogP contribution < -0.4 is 14.4 Å². The van der Waals surface area contributed by atoms with Crippen molar-refractivity contribution in [2.75, 3.05) is 12.0 Å². The summed E-state index contributed by atoms with van der Waals surface area (Å²) >= 11 is 0. The lowest BCUT2D eigenvalue weighted by molar-refractivity contribution is -0.150. The summed E-state index contributed by atoms with van der Waals surface area (Å²) in [5.74, 6) is -0.435. The van der Waals surface area contributed by atoms with Crippen molar-refractivity contribution in [3.63, 3.8) is 0 Å². The van der Waals surface area contributed by atoms with Crippen LogP contribution in [0.3, 0.4) is 0 Å². The lowest BCUT2D eigenvalue weighted by Crippen LogP contribution is -2.47. The molecule has 0 aromatic heterocycles. The fraction of sp³-hybridized carbons (Fsp3) is 0.565. The molecule has 0 radical (unpaired) electrons. The largest absolute Gasteiger partial charge is 0.497 e. The first-order valence-corrected chi connectivity index (χ1v) is 11.7. The molecule has 2 amide bonds. The van der Waals surface area contributed by atoms with Crippen LogP contribution in [0.2, 0.25) is 0 Å². The van der Waals surface area contributed by atoms with Gasteiger partial charge in [-0.2, -0.15) is 13.2 Å². The summed E-state index contributed by atoms with van der Waals surface area (Å²) in [7, 11) is -0.590. The first kappa shape index (κ1) is 27.8. The highest BCUT2D eigenvalue weighted by atomic mass is 32.2. The number of nitrogens with one attached hydrogen (secondary N) is 1. The van der Waals surface area contributed by atoms with E-state index < -0.39 is 52.0 Å². The molecule has 1 N–H and O–H groups in total. The Labute approximate surface area is 200 Å². The lowest BCUT2D eigenvalue weighted by Gasteiger charge is -2.26.